The highest BCUT2D eigenvalue weighted by atomic mass is 16.5. The van der Waals surface area contributed by atoms with E-state index >= 15 is 0 Å². The summed E-state index contributed by atoms with van der Waals surface area (Å²) in [4.78, 5) is 57.0. The van der Waals surface area contributed by atoms with E-state index in [0.717, 1.165) is 11.4 Å². The number of fused-ring (bicyclic) bond motifs is 2. The first-order chi connectivity index (χ1) is 27.0. The molecule has 0 aliphatic heterocycles. The lowest BCUT2D eigenvalue weighted by molar-refractivity contribution is 0.0724. The first-order valence-electron chi connectivity index (χ1n) is 17.4. The number of benzene rings is 6. The SMILES string of the molecule is CN(C)c1ccc(N=Nc2ccc(C(=O)Oc3ccc4c(c3)C(=O)c3ccc(OC(=O)c5ccc(N=Nc6ccc(N(C)C)cc6)cc5)cc3C4=O)cc2)cc1. The fourth-order valence-corrected chi connectivity index (χ4v) is 5.76. The van der Waals surface area contributed by atoms with Crippen molar-refractivity contribution in [1.29, 1.82) is 0 Å². The Kier molecular flexibility index (Phi) is 10.4. The van der Waals surface area contributed by atoms with Gasteiger partial charge >= 0.3 is 11.9 Å². The minimum atomic E-state index is -0.654. The molecule has 0 N–H and O–H groups in total. The molecule has 0 radical (unpaired) electrons. The van der Waals surface area contributed by atoms with Gasteiger partial charge in [-0.15, -0.1) is 0 Å². The summed E-state index contributed by atoms with van der Waals surface area (Å²) in [5.74, 6) is -1.98. The number of carbonyl (C=O) groups is 4. The Bertz CT molecular complexity index is 2350. The van der Waals surface area contributed by atoms with Gasteiger partial charge in [0, 0.05) is 61.8 Å². The van der Waals surface area contributed by atoms with Crippen molar-refractivity contribution in [2.24, 2.45) is 20.5 Å². The van der Waals surface area contributed by atoms with Crippen molar-refractivity contribution < 1.29 is 28.7 Å². The van der Waals surface area contributed by atoms with Crippen LogP contribution in [0.4, 0.5) is 34.1 Å². The third kappa shape index (κ3) is 8.14. The maximum atomic E-state index is 13.5. The summed E-state index contributed by atoms with van der Waals surface area (Å²) in [6.07, 6.45) is 0. The van der Waals surface area contributed by atoms with Gasteiger partial charge in [0.25, 0.3) is 0 Å². The number of esters is 2. The highest BCUT2D eigenvalue weighted by Crippen LogP contribution is 2.33. The summed E-state index contributed by atoms with van der Waals surface area (Å²) >= 11 is 0. The number of ketones is 2. The van der Waals surface area contributed by atoms with Crippen LogP contribution >= 0.6 is 0 Å². The lowest BCUT2D eigenvalue weighted by Gasteiger charge is -2.19. The topological polar surface area (TPSA) is 143 Å². The number of hydrogen-bond acceptors (Lipinski definition) is 12. The molecule has 0 fully saturated rings. The molecule has 56 heavy (non-hydrogen) atoms. The van der Waals surface area contributed by atoms with E-state index in [0.29, 0.717) is 22.7 Å². The van der Waals surface area contributed by atoms with Crippen LogP contribution in [0.3, 0.4) is 0 Å². The molecule has 0 aromatic heterocycles. The minimum Gasteiger partial charge on any atom is -0.423 e. The fourth-order valence-electron chi connectivity index (χ4n) is 5.76. The van der Waals surface area contributed by atoms with E-state index in [1.54, 1.807) is 48.5 Å². The molecule has 6 aromatic rings. The molecule has 0 heterocycles. The van der Waals surface area contributed by atoms with E-state index in [9.17, 15) is 19.2 Å². The maximum Gasteiger partial charge on any atom is 0.343 e. The van der Waals surface area contributed by atoms with E-state index < -0.39 is 23.5 Å². The van der Waals surface area contributed by atoms with Gasteiger partial charge in [0.15, 0.2) is 11.6 Å². The Labute approximate surface area is 322 Å². The predicted octanol–water partition coefficient (Wildman–Crippen LogP) is 9.86. The van der Waals surface area contributed by atoms with E-state index in [-0.39, 0.29) is 44.9 Å². The molecule has 0 saturated carbocycles. The van der Waals surface area contributed by atoms with Crippen LogP contribution in [0.5, 0.6) is 11.5 Å². The van der Waals surface area contributed by atoms with Gasteiger partial charge in [-0.2, -0.15) is 20.5 Å². The lowest BCUT2D eigenvalue weighted by atomic mass is 9.84. The number of nitrogens with zero attached hydrogens (tertiary/aromatic N) is 6. The minimum absolute atomic E-state index is 0.0923. The average molecular weight is 743 g/mol. The van der Waals surface area contributed by atoms with E-state index in [4.69, 9.17) is 9.47 Å². The quantitative estimate of drug-likeness (QED) is 0.0766. The van der Waals surface area contributed by atoms with Gasteiger partial charge in [0.1, 0.15) is 11.5 Å². The van der Waals surface area contributed by atoms with Crippen LogP contribution in [-0.2, 0) is 0 Å². The van der Waals surface area contributed by atoms with Crippen molar-refractivity contribution >= 4 is 57.6 Å². The van der Waals surface area contributed by atoms with Crippen LogP contribution < -0.4 is 19.3 Å². The first kappa shape index (κ1) is 36.7. The second kappa shape index (κ2) is 15.8. The summed E-state index contributed by atoms with van der Waals surface area (Å²) in [6.45, 7) is 0. The van der Waals surface area contributed by atoms with Gasteiger partial charge in [-0.25, -0.2) is 9.59 Å². The molecule has 7 rings (SSSR count). The van der Waals surface area contributed by atoms with Gasteiger partial charge < -0.3 is 19.3 Å². The molecule has 12 nitrogen and oxygen atoms in total. The van der Waals surface area contributed by atoms with Crippen molar-refractivity contribution in [3.05, 3.63) is 167 Å². The Morgan fingerprint density at radius 1 is 0.411 bits per heavy atom. The van der Waals surface area contributed by atoms with E-state index in [1.165, 1.54) is 36.4 Å². The van der Waals surface area contributed by atoms with Gasteiger partial charge in [-0.05, 0) is 133 Å². The molecule has 12 heteroatoms. The number of ether oxygens (including phenoxy) is 2. The molecule has 6 aromatic carbocycles. The van der Waals surface area contributed by atoms with Gasteiger partial charge in [0.05, 0.1) is 33.9 Å². The molecule has 0 saturated heterocycles. The molecule has 0 unspecified atom stereocenters. The van der Waals surface area contributed by atoms with Gasteiger partial charge in [-0.3, -0.25) is 9.59 Å². The van der Waals surface area contributed by atoms with Crippen LogP contribution in [-0.4, -0.2) is 51.7 Å². The Hall–Kier alpha value is -7.60. The largest absolute Gasteiger partial charge is 0.423 e. The van der Waals surface area contributed by atoms with E-state index in [2.05, 4.69) is 20.5 Å². The van der Waals surface area contributed by atoms with Crippen molar-refractivity contribution in [3.8, 4) is 11.5 Å². The normalized spacial score (nSPS) is 12.0. The van der Waals surface area contributed by atoms with Crippen molar-refractivity contribution in [2.45, 2.75) is 0 Å². The number of rotatable bonds is 10. The summed E-state index contributed by atoms with van der Waals surface area (Å²) < 4.78 is 11.1. The highest BCUT2D eigenvalue weighted by Gasteiger charge is 2.31. The van der Waals surface area contributed by atoms with Crippen molar-refractivity contribution in [2.75, 3.05) is 38.0 Å². The lowest BCUT2D eigenvalue weighted by Crippen LogP contribution is -2.21. The third-order valence-corrected chi connectivity index (χ3v) is 8.88. The zero-order valence-electron chi connectivity index (χ0n) is 30.8. The van der Waals surface area contributed by atoms with Gasteiger partial charge in [-0.1, -0.05) is 0 Å². The molecule has 0 bridgehead atoms. The van der Waals surface area contributed by atoms with Crippen molar-refractivity contribution in [3.63, 3.8) is 0 Å². The number of azo groups is 2. The zero-order valence-corrected chi connectivity index (χ0v) is 30.8. The zero-order chi connectivity index (χ0) is 39.3. The summed E-state index contributed by atoms with van der Waals surface area (Å²) in [6, 6.07) is 36.6. The molecule has 0 amide bonds. The van der Waals surface area contributed by atoms with E-state index in [1.807, 2.05) is 86.5 Å². The van der Waals surface area contributed by atoms with Crippen LogP contribution in [0, 0.1) is 0 Å². The van der Waals surface area contributed by atoms with Crippen LogP contribution in [0.2, 0.25) is 0 Å². The second-order valence-corrected chi connectivity index (χ2v) is 13.2. The van der Waals surface area contributed by atoms with Gasteiger partial charge in [0.2, 0.25) is 0 Å². The summed E-state index contributed by atoms with van der Waals surface area (Å²) in [7, 11) is 7.82. The van der Waals surface area contributed by atoms with Crippen molar-refractivity contribution in [1.82, 2.24) is 0 Å². The first-order valence-corrected chi connectivity index (χ1v) is 17.4. The van der Waals surface area contributed by atoms with Crippen LogP contribution in [0.1, 0.15) is 52.6 Å². The smallest absolute Gasteiger partial charge is 0.343 e. The number of anilines is 2. The highest BCUT2D eigenvalue weighted by molar-refractivity contribution is 6.28. The molecule has 0 atom stereocenters. The molecular weight excluding hydrogens is 709 g/mol. The number of carbonyl (C=O) groups excluding carboxylic acids is 4. The monoisotopic (exact) mass is 742 g/mol. The van der Waals surface area contributed by atoms with Crippen LogP contribution in [0.15, 0.2) is 154 Å². The molecule has 276 valence electrons. The average Bonchev–Trinajstić information content (AvgIpc) is 3.22. The number of hydrogen-bond donors (Lipinski definition) is 0. The Balaban J connectivity index is 0.975. The van der Waals surface area contributed by atoms with Crippen LogP contribution in [0.25, 0.3) is 0 Å². The molecular formula is C44H34N6O6. The Morgan fingerprint density at radius 2 is 0.714 bits per heavy atom. The fraction of sp³-hybridized carbons (Fsp3) is 0.0909. The predicted molar refractivity (Wildman–Crippen MR) is 212 cm³/mol. The standard InChI is InChI=1S/C44H34N6O6/c1-49(2)33-17-13-31(14-18-33)47-45-29-9-5-27(6-10-29)43(53)55-35-21-23-37-39(25-35)41(51)38-24-22-36(26-40(38)42(37)52)56-44(54)28-7-11-30(12-8-28)46-48-32-15-19-34(20-16-32)50(3)4/h5-26H,1-4H3. The third-order valence-electron chi connectivity index (χ3n) is 8.88. The Morgan fingerprint density at radius 3 is 1.02 bits per heavy atom. The maximum absolute atomic E-state index is 13.5. The molecule has 1 aliphatic carbocycles. The molecule has 1 aliphatic rings. The summed E-state index contributed by atoms with van der Waals surface area (Å²) in [5.41, 5.74) is 5.53. The summed E-state index contributed by atoms with van der Waals surface area (Å²) in [5, 5.41) is 16.9. The molecule has 0 spiro atoms. The second-order valence-electron chi connectivity index (χ2n) is 13.2.